The van der Waals surface area contributed by atoms with Crippen molar-refractivity contribution in [1.82, 2.24) is 4.57 Å². The van der Waals surface area contributed by atoms with E-state index in [2.05, 4.69) is 0 Å². The van der Waals surface area contributed by atoms with E-state index in [1.807, 2.05) is 0 Å². The Hall–Kier alpha value is -4.23. The number of halogens is 7. The average molecular weight is 535 g/mol. The van der Waals surface area contributed by atoms with Crippen molar-refractivity contribution in [2.45, 2.75) is 12.7 Å². The lowest BCUT2D eigenvalue weighted by Gasteiger charge is -2.18. The van der Waals surface area contributed by atoms with Crippen LogP contribution in [0.25, 0.3) is 11.3 Å². The van der Waals surface area contributed by atoms with Gasteiger partial charge in [-0.15, -0.1) is 0 Å². The number of hydrogen-bond acceptors (Lipinski definition) is 3. The van der Waals surface area contributed by atoms with E-state index >= 15 is 0 Å². The Balaban J connectivity index is 1.87. The van der Waals surface area contributed by atoms with Crippen molar-refractivity contribution in [1.29, 1.82) is 5.26 Å². The van der Waals surface area contributed by atoms with Crippen molar-refractivity contribution < 1.29 is 31.1 Å². The summed E-state index contributed by atoms with van der Waals surface area (Å²) in [5.41, 5.74) is -4.48. The monoisotopic (exact) mass is 534 g/mol. The molecule has 3 aromatic carbocycles. The van der Waals surface area contributed by atoms with Gasteiger partial charge in [0, 0.05) is 17.2 Å². The standard InChI is InChI=1S/C26H13ClF6N2O2/c27-21-9-14(2-8-24(21)37-18-6-4-16(28)5-7-18)23-11-20(26(31,32)33)19(12-34)25(36)35(23)13-15-1-3-17(29)10-22(15)30/h1-11H,13H2. The van der Waals surface area contributed by atoms with Crippen LogP contribution >= 0.6 is 11.6 Å². The van der Waals surface area contributed by atoms with Gasteiger partial charge in [-0.1, -0.05) is 17.7 Å². The van der Waals surface area contributed by atoms with Crippen LogP contribution < -0.4 is 10.3 Å². The average Bonchev–Trinajstić information content (AvgIpc) is 2.83. The van der Waals surface area contributed by atoms with E-state index in [9.17, 15) is 36.4 Å². The molecule has 0 amide bonds. The molecule has 0 radical (unpaired) electrons. The minimum absolute atomic E-state index is 0.0195. The van der Waals surface area contributed by atoms with E-state index < -0.39 is 46.9 Å². The molecule has 188 valence electrons. The number of pyridine rings is 1. The minimum atomic E-state index is -5.05. The number of rotatable bonds is 5. The van der Waals surface area contributed by atoms with Crippen LogP contribution in [0.3, 0.4) is 0 Å². The SMILES string of the molecule is N#Cc1c(C(F)(F)F)cc(-c2ccc(Oc3ccc(F)cc3)c(Cl)c2)n(Cc2ccc(F)cc2F)c1=O. The molecule has 0 saturated carbocycles. The van der Waals surface area contributed by atoms with Crippen LogP contribution in [-0.4, -0.2) is 4.57 Å². The molecule has 1 aromatic heterocycles. The number of nitrogens with zero attached hydrogens (tertiary/aromatic N) is 2. The van der Waals surface area contributed by atoms with Crippen LogP contribution in [-0.2, 0) is 12.7 Å². The fraction of sp³-hybridized carbons (Fsp3) is 0.0769. The molecular formula is C26H13ClF6N2O2. The summed E-state index contributed by atoms with van der Waals surface area (Å²) < 4.78 is 88.3. The first kappa shape index (κ1) is 25.9. The van der Waals surface area contributed by atoms with Crippen molar-refractivity contribution >= 4 is 11.6 Å². The fourth-order valence-corrected chi connectivity index (χ4v) is 3.79. The highest BCUT2D eigenvalue weighted by Crippen LogP contribution is 2.37. The Labute approximate surface area is 210 Å². The number of alkyl halides is 3. The van der Waals surface area contributed by atoms with E-state index in [-0.39, 0.29) is 33.3 Å². The second kappa shape index (κ2) is 10.0. The maximum atomic E-state index is 14.3. The van der Waals surface area contributed by atoms with Crippen LogP contribution in [0, 0.1) is 28.8 Å². The van der Waals surface area contributed by atoms with Crippen molar-refractivity contribution in [3.8, 4) is 28.8 Å². The first-order valence-corrected chi connectivity index (χ1v) is 10.8. The second-order valence-corrected chi connectivity index (χ2v) is 8.16. The molecule has 0 aliphatic heterocycles. The Morgan fingerprint density at radius 3 is 2.19 bits per heavy atom. The summed E-state index contributed by atoms with van der Waals surface area (Å²) in [4.78, 5) is 13.0. The highest BCUT2D eigenvalue weighted by Gasteiger charge is 2.36. The van der Waals surface area contributed by atoms with Gasteiger partial charge in [-0.25, -0.2) is 13.2 Å². The van der Waals surface area contributed by atoms with Crippen molar-refractivity contribution in [3.63, 3.8) is 0 Å². The third kappa shape index (κ3) is 5.47. The van der Waals surface area contributed by atoms with E-state index in [0.29, 0.717) is 12.1 Å². The van der Waals surface area contributed by atoms with Crippen LogP contribution in [0.4, 0.5) is 26.3 Å². The summed E-state index contributed by atoms with van der Waals surface area (Å²) in [6, 6.07) is 13.2. The Morgan fingerprint density at radius 2 is 1.59 bits per heavy atom. The number of nitriles is 1. The van der Waals surface area contributed by atoms with Gasteiger partial charge in [-0.3, -0.25) is 4.79 Å². The van der Waals surface area contributed by atoms with Gasteiger partial charge < -0.3 is 9.30 Å². The molecule has 0 spiro atoms. The van der Waals surface area contributed by atoms with Crippen molar-refractivity contribution in [2.24, 2.45) is 0 Å². The van der Waals surface area contributed by atoms with Gasteiger partial charge in [0.15, 0.2) is 0 Å². The quantitative estimate of drug-likeness (QED) is 0.252. The van der Waals surface area contributed by atoms with Crippen molar-refractivity contribution in [3.05, 3.63) is 116 Å². The van der Waals surface area contributed by atoms with Gasteiger partial charge in [0.2, 0.25) is 0 Å². The molecule has 4 nitrogen and oxygen atoms in total. The zero-order valence-electron chi connectivity index (χ0n) is 18.4. The Bertz CT molecular complexity index is 1590. The third-order valence-corrected chi connectivity index (χ3v) is 5.63. The van der Waals surface area contributed by atoms with Gasteiger partial charge in [0.25, 0.3) is 5.56 Å². The molecule has 0 unspecified atom stereocenters. The molecular weight excluding hydrogens is 522 g/mol. The molecule has 0 aliphatic rings. The zero-order chi connectivity index (χ0) is 26.9. The highest BCUT2D eigenvalue weighted by molar-refractivity contribution is 6.32. The summed E-state index contributed by atoms with van der Waals surface area (Å²) in [5.74, 6) is -2.09. The molecule has 0 fully saturated rings. The maximum absolute atomic E-state index is 14.3. The highest BCUT2D eigenvalue weighted by atomic mass is 35.5. The van der Waals surface area contributed by atoms with Gasteiger partial charge >= 0.3 is 6.18 Å². The zero-order valence-corrected chi connectivity index (χ0v) is 19.2. The van der Waals surface area contributed by atoms with Gasteiger partial charge in [-0.2, -0.15) is 18.4 Å². The van der Waals surface area contributed by atoms with Crippen LogP contribution in [0.1, 0.15) is 16.7 Å². The number of hydrogen-bond donors (Lipinski definition) is 0. The molecule has 37 heavy (non-hydrogen) atoms. The predicted octanol–water partition coefficient (Wildman–Crippen LogP) is 7.32. The lowest BCUT2D eigenvalue weighted by atomic mass is 10.0. The van der Waals surface area contributed by atoms with Gasteiger partial charge in [0.05, 0.1) is 22.8 Å². The summed E-state index contributed by atoms with van der Waals surface area (Å²) >= 11 is 6.28. The maximum Gasteiger partial charge on any atom is 0.417 e. The van der Waals surface area contributed by atoms with Crippen molar-refractivity contribution in [2.75, 3.05) is 0 Å². The molecule has 4 rings (SSSR count). The minimum Gasteiger partial charge on any atom is -0.456 e. The Morgan fingerprint density at radius 1 is 0.919 bits per heavy atom. The molecule has 0 aliphatic carbocycles. The molecule has 4 aromatic rings. The number of ether oxygens (including phenoxy) is 1. The van der Waals surface area contributed by atoms with E-state index in [0.717, 1.165) is 28.8 Å². The largest absolute Gasteiger partial charge is 0.456 e. The molecule has 0 bridgehead atoms. The van der Waals surface area contributed by atoms with E-state index in [4.69, 9.17) is 16.3 Å². The lowest BCUT2D eigenvalue weighted by molar-refractivity contribution is -0.137. The van der Waals surface area contributed by atoms with Gasteiger partial charge in [-0.05, 0) is 54.6 Å². The van der Waals surface area contributed by atoms with E-state index in [1.54, 1.807) is 0 Å². The molecule has 0 atom stereocenters. The third-order valence-electron chi connectivity index (χ3n) is 5.33. The summed E-state index contributed by atoms with van der Waals surface area (Å²) in [6.45, 7) is -0.599. The van der Waals surface area contributed by atoms with Crippen LogP contribution in [0.5, 0.6) is 11.5 Å². The van der Waals surface area contributed by atoms with E-state index in [1.165, 1.54) is 36.4 Å². The second-order valence-electron chi connectivity index (χ2n) is 7.76. The van der Waals surface area contributed by atoms with Gasteiger partial charge in [0.1, 0.15) is 40.6 Å². The predicted molar refractivity (Wildman–Crippen MR) is 123 cm³/mol. The van der Waals surface area contributed by atoms with Crippen LogP contribution in [0.2, 0.25) is 5.02 Å². The number of aromatic nitrogens is 1. The summed E-state index contributed by atoms with van der Waals surface area (Å²) in [6.07, 6.45) is -5.05. The first-order valence-electron chi connectivity index (χ1n) is 10.4. The molecule has 0 N–H and O–H groups in total. The smallest absolute Gasteiger partial charge is 0.417 e. The topological polar surface area (TPSA) is 55.0 Å². The molecule has 0 saturated heterocycles. The fourth-order valence-electron chi connectivity index (χ4n) is 3.57. The molecule has 1 heterocycles. The Kier molecular flexibility index (Phi) is 7.01. The summed E-state index contributed by atoms with van der Waals surface area (Å²) in [5, 5.41) is 9.23. The van der Waals surface area contributed by atoms with Crippen LogP contribution in [0.15, 0.2) is 71.5 Å². The number of benzene rings is 3. The normalized spacial score (nSPS) is 11.3. The molecule has 11 heteroatoms. The summed E-state index contributed by atoms with van der Waals surface area (Å²) in [7, 11) is 0. The first-order chi connectivity index (χ1) is 17.5. The lowest BCUT2D eigenvalue weighted by Crippen LogP contribution is -2.29.